The Morgan fingerprint density at radius 1 is 1.21 bits per heavy atom. The summed E-state index contributed by atoms with van der Waals surface area (Å²) in [6.07, 6.45) is 1.88. The van der Waals surface area contributed by atoms with Crippen LogP contribution in [0.2, 0.25) is 0 Å². The molecule has 1 aliphatic heterocycles. The van der Waals surface area contributed by atoms with Crippen molar-refractivity contribution in [3.05, 3.63) is 23.9 Å². The number of aromatic nitrogens is 1. The summed E-state index contributed by atoms with van der Waals surface area (Å²) in [6, 6.07) is 4.09. The number of piperazine rings is 1. The van der Waals surface area contributed by atoms with Gasteiger partial charge in [-0.15, -0.1) is 0 Å². The van der Waals surface area contributed by atoms with Gasteiger partial charge in [0.1, 0.15) is 5.82 Å². The van der Waals surface area contributed by atoms with Crippen LogP contribution < -0.4 is 4.90 Å². The van der Waals surface area contributed by atoms with Crippen LogP contribution in [-0.4, -0.2) is 41.4 Å². The number of anilines is 1. The van der Waals surface area contributed by atoms with Crippen LogP contribution in [-0.2, 0) is 0 Å². The Labute approximate surface area is 83.7 Å². The van der Waals surface area contributed by atoms with E-state index in [0.717, 1.165) is 18.9 Å². The van der Waals surface area contributed by atoms with E-state index in [-0.39, 0.29) is 0 Å². The van der Waals surface area contributed by atoms with Crippen LogP contribution >= 0.6 is 0 Å². The summed E-state index contributed by atoms with van der Waals surface area (Å²) in [6.45, 7) is 5.09. The van der Waals surface area contributed by atoms with Gasteiger partial charge in [0.25, 0.3) is 0 Å². The number of hydroxylamine groups is 2. The monoisotopic (exact) mass is 193 g/mol. The first kappa shape index (κ1) is 9.43. The third kappa shape index (κ3) is 2.02. The van der Waals surface area contributed by atoms with Crippen molar-refractivity contribution < 1.29 is 5.21 Å². The van der Waals surface area contributed by atoms with Gasteiger partial charge in [0, 0.05) is 32.4 Å². The van der Waals surface area contributed by atoms with Crippen molar-refractivity contribution in [3.8, 4) is 0 Å². The van der Waals surface area contributed by atoms with E-state index in [0.29, 0.717) is 13.1 Å². The number of hydrogen-bond donors (Lipinski definition) is 1. The molecule has 1 aromatic rings. The smallest absolute Gasteiger partial charge is 0.128 e. The Morgan fingerprint density at radius 3 is 2.50 bits per heavy atom. The van der Waals surface area contributed by atoms with Gasteiger partial charge in [0.15, 0.2) is 0 Å². The lowest BCUT2D eigenvalue weighted by Gasteiger charge is -2.31. The molecule has 1 aliphatic rings. The average molecular weight is 193 g/mol. The zero-order valence-corrected chi connectivity index (χ0v) is 8.35. The second kappa shape index (κ2) is 3.94. The molecule has 2 rings (SSSR count). The molecule has 2 heterocycles. The maximum Gasteiger partial charge on any atom is 0.128 e. The third-order valence-electron chi connectivity index (χ3n) is 2.48. The Balaban J connectivity index is 2.05. The van der Waals surface area contributed by atoms with Gasteiger partial charge in [-0.1, -0.05) is 6.07 Å². The minimum atomic E-state index is 0.690. The first-order valence-electron chi connectivity index (χ1n) is 4.87. The minimum Gasteiger partial charge on any atom is -0.354 e. The van der Waals surface area contributed by atoms with Crippen molar-refractivity contribution in [2.75, 3.05) is 31.1 Å². The van der Waals surface area contributed by atoms with E-state index < -0.39 is 0 Å². The van der Waals surface area contributed by atoms with Crippen molar-refractivity contribution >= 4 is 5.82 Å². The van der Waals surface area contributed by atoms with E-state index in [1.54, 1.807) is 0 Å². The number of aryl methyl sites for hydroxylation is 1. The lowest BCUT2D eigenvalue weighted by Crippen LogP contribution is -2.45. The SMILES string of the molecule is Cc1ccc(N2CCN(O)CC2)nc1. The van der Waals surface area contributed by atoms with Crippen molar-refractivity contribution in [1.82, 2.24) is 10.0 Å². The first-order valence-corrected chi connectivity index (χ1v) is 4.87. The van der Waals surface area contributed by atoms with Gasteiger partial charge in [-0.2, -0.15) is 5.06 Å². The molecule has 0 spiro atoms. The maximum absolute atomic E-state index is 9.20. The van der Waals surface area contributed by atoms with Crippen LogP contribution in [0.25, 0.3) is 0 Å². The van der Waals surface area contributed by atoms with Gasteiger partial charge in [-0.25, -0.2) is 4.98 Å². The van der Waals surface area contributed by atoms with Crippen molar-refractivity contribution in [3.63, 3.8) is 0 Å². The molecule has 0 radical (unpaired) electrons. The zero-order chi connectivity index (χ0) is 9.97. The van der Waals surface area contributed by atoms with E-state index in [4.69, 9.17) is 0 Å². The van der Waals surface area contributed by atoms with Crippen molar-refractivity contribution in [2.24, 2.45) is 0 Å². The standard InChI is InChI=1S/C10H15N3O/c1-9-2-3-10(11-8-9)12-4-6-13(14)7-5-12/h2-3,8,14H,4-7H2,1H3. The Morgan fingerprint density at radius 2 is 1.93 bits per heavy atom. The van der Waals surface area contributed by atoms with Gasteiger partial charge < -0.3 is 10.1 Å². The van der Waals surface area contributed by atoms with E-state index in [1.807, 2.05) is 19.2 Å². The number of rotatable bonds is 1. The predicted molar refractivity (Wildman–Crippen MR) is 54.5 cm³/mol. The van der Waals surface area contributed by atoms with Crippen molar-refractivity contribution in [2.45, 2.75) is 6.92 Å². The second-order valence-electron chi connectivity index (χ2n) is 3.63. The quantitative estimate of drug-likeness (QED) is 0.719. The molecule has 1 fully saturated rings. The van der Waals surface area contributed by atoms with Crippen LogP contribution in [0.5, 0.6) is 0 Å². The summed E-state index contributed by atoms with van der Waals surface area (Å²) >= 11 is 0. The molecule has 1 aromatic heterocycles. The lowest BCUT2D eigenvalue weighted by molar-refractivity contribution is -0.0936. The summed E-state index contributed by atoms with van der Waals surface area (Å²) in [5.74, 6) is 1.00. The predicted octanol–water partition coefficient (Wildman–Crippen LogP) is 0.901. The van der Waals surface area contributed by atoms with E-state index in [2.05, 4.69) is 16.0 Å². The molecular weight excluding hydrogens is 178 g/mol. The first-order chi connectivity index (χ1) is 6.75. The molecule has 1 saturated heterocycles. The summed E-state index contributed by atoms with van der Waals surface area (Å²) in [5.41, 5.74) is 1.18. The van der Waals surface area contributed by atoms with Crippen LogP contribution in [0, 0.1) is 6.92 Å². The molecule has 1 N–H and O–H groups in total. The van der Waals surface area contributed by atoms with Gasteiger partial charge in [0.2, 0.25) is 0 Å². The van der Waals surface area contributed by atoms with Gasteiger partial charge >= 0.3 is 0 Å². The highest BCUT2D eigenvalue weighted by molar-refractivity contribution is 5.39. The molecule has 4 nitrogen and oxygen atoms in total. The topological polar surface area (TPSA) is 39.6 Å². The highest BCUT2D eigenvalue weighted by Crippen LogP contribution is 2.12. The third-order valence-corrected chi connectivity index (χ3v) is 2.48. The summed E-state index contributed by atoms with van der Waals surface area (Å²) in [5, 5.41) is 10.6. The fraction of sp³-hybridized carbons (Fsp3) is 0.500. The minimum absolute atomic E-state index is 0.690. The Kier molecular flexibility index (Phi) is 2.65. The van der Waals surface area contributed by atoms with Gasteiger partial charge in [-0.3, -0.25) is 0 Å². The molecule has 0 unspecified atom stereocenters. The van der Waals surface area contributed by atoms with Crippen LogP contribution in [0.15, 0.2) is 18.3 Å². The number of hydrogen-bond acceptors (Lipinski definition) is 4. The fourth-order valence-electron chi connectivity index (χ4n) is 1.57. The number of nitrogens with zero attached hydrogens (tertiary/aromatic N) is 3. The highest BCUT2D eigenvalue weighted by Gasteiger charge is 2.15. The number of pyridine rings is 1. The van der Waals surface area contributed by atoms with E-state index >= 15 is 0 Å². The molecule has 0 atom stereocenters. The molecule has 0 bridgehead atoms. The summed E-state index contributed by atoms with van der Waals surface area (Å²) < 4.78 is 0. The zero-order valence-electron chi connectivity index (χ0n) is 8.35. The Bertz CT molecular complexity index is 291. The average Bonchev–Trinajstić information content (AvgIpc) is 2.21. The molecular formula is C10H15N3O. The van der Waals surface area contributed by atoms with Crippen LogP contribution in [0.4, 0.5) is 5.82 Å². The lowest BCUT2D eigenvalue weighted by atomic mass is 10.3. The van der Waals surface area contributed by atoms with Gasteiger partial charge in [-0.05, 0) is 18.6 Å². The fourth-order valence-corrected chi connectivity index (χ4v) is 1.57. The molecule has 76 valence electrons. The van der Waals surface area contributed by atoms with Crippen LogP contribution in [0.1, 0.15) is 5.56 Å². The molecule has 0 saturated carbocycles. The molecule has 0 aromatic carbocycles. The molecule has 0 aliphatic carbocycles. The summed E-state index contributed by atoms with van der Waals surface area (Å²) in [4.78, 5) is 6.54. The molecule has 14 heavy (non-hydrogen) atoms. The normalized spacial score (nSPS) is 18.6. The van der Waals surface area contributed by atoms with Crippen LogP contribution in [0.3, 0.4) is 0 Å². The summed E-state index contributed by atoms with van der Waals surface area (Å²) in [7, 11) is 0. The highest BCUT2D eigenvalue weighted by atomic mass is 16.5. The second-order valence-corrected chi connectivity index (χ2v) is 3.63. The molecule has 4 heteroatoms. The molecule has 0 amide bonds. The largest absolute Gasteiger partial charge is 0.354 e. The Hall–Kier alpha value is -1.13. The van der Waals surface area contributed by atoms with Gasteiger partial charge in [0.05, 0.1) is 0 Å². The maximum atomic E-state index is 9.20. The van der Waals surface area contributed by atoms with Crippen molar-refractivity contribution in [1.29, 1.82) is 0 Å². The van der Waals surface area contributed by atoms with E-state index in [1.165, 1.54) is 10.6 Å². The van der Waals surface area contributed by atoms with E-state index in [9.17, 15) is 5.21 Å².